The van der Waals surface area contributed by atoms with Crippen LogP contribution in [0.4, 0.5) is 22.1 Å². The second kappa shape index (κ2) is 8.68. The van der Waals surface area contributed by atoms with Crippen molar-refractivity contribution in [2.75, 3.05) is 54.4 Å². The maximum atomic E-state index is 12.6. The van der Waals surface area contributed by atoms with Gasteiger partial charge in [0.2, 0.25) is 0 Å². The number of nitrogens with one attached hydrogen (secondary N) is 1. The first-order chi connectivity index (χ1) is 14.1. The molecule has 4 rings (SSSR count). The molecule has 2 fully saturated rings. The van der Waals surface area contributed by atoms with Crippen molar-refractivity contribution in [2.24, 2.45) is 0 Å². The van der Waals surface area contributed by atoms with Crippen LogP contribution in [0.1, 0.15) is 30.7 Å². The van der Waals surface area contributed by atoms with Crippen LogP contribution in [0.5, 0.6) is 0 Å². The van der Waals surface area contributed by atoms with Gasteiger partial charge in [0.25, 0.3) is 0 Å². The summed E-state index contributed by atoms with van der Waals surface area (Å²) in [5.74, 6) is 2.81. The zero-order chi connectivity index (χ0) is 20.2. The summed E-state index contributed by atoms with van der Waals surface area (Å²) in [6.45, 7) is 9.04. The highest BCUT2D eigenvalue weighted by Crippen LogP contribution is 2.23. The molecule has 7 heteroatoms. The highest BCUT2D eigenvalue weighted by atomic mass is 16.2. The molecule has 3 heterocycles. The summed E-state index contributed by atoms with van der Waals surface area (Å²) in [4.78, 5) is 28.4. The van der Waals surface area contributed by atoms with E-state index in [1.165, 1.54) is 19.3 Å². The summed E-state index contributed by atoms with van der Waals surface area (Å²) in [5, 5.41) is 3.00. The second-order valence-corrected chi connectivity index (χ2v) is 7.95. The molecule has 0 aliphatic carbocycles. The summed E-state index contributed by atoms with van der Waals surface area (Å²) < 4.78 is 0. The average molecular weight is 395 g/mol. The molecule has 0 unspecified atom stereocenters. The number of amides is 2. The van der Waals surface area contributed by atoms with E-state index in [1.807, 2.05) is 43.0 Å². The first kappa shape index (κ1) is 19.5. The number of hydrogen-bond donors (Lipinski definition) is 1. The fourth-order valence-corrected chi connectivity index (χ4v) is 4.05. The molecule has 7 nitrogen and oxygen atoms in total. The predicted octanol–water partition coefficient (Wildman–Crippen LogP) is 3.44. The standard InChI is InChI=1S/C22H30N6O/c1-17-7-6-8-19(15-17)25-22(29)28-13-11-27(12-14-28)21-16-20(23-18(2)24-21)26-9-4-3-5-10-26/h6-8,15-16H,3-5,9-14H2,1-2H3,(H,25,29). The number of benzene rings is 1. The molecule has 0 radical (unpaired) electrons. The van der Waals surface area contributed by atoms with Crippen LogP contribution in [0, 0.1) is 13.8 Å². The molecule has 0 bridgehead atoms. The van der Waals surface area contributed by atoms with Crippen molar-refractivity contribution in [1.82, 2.24) is 14.9 Å². The number of piperidine rings is 1. The number of carbonyl (C=O) groups is 1. The van der Waals surface area contributed by atoms with E-state index in [4.69, 9.17) is 0 Å². The smallest absolute Gasteiger partial charge is 0.321 e. The molecule has 2 aliphatic heterocycles. The average Bonchev–Trinajstić information content (AvgIpc) is 2.74. The zero-order valence-electron chi connectivity index (χ0n) is 17.4. The van der Waals surface area contributed by atoms with E-state index in [0.29, 0.717) is 13.1 Å². The Hall–Kier alpha value is -2.83. The number of hydrogen-bond acceptors (Lipinski definition) is 5. The monoisotopic (exact) mass is 394 g/mol. The number of aromatic nitrogens is 2. The molecule has 154 valence electrons. The molecule has 2 amide bonds. The lowest BCUT2D eigenvalue weighted by Gasteiger charge is -2.36. The fraction of sp³-hybridized carbons (Fsp3) is 0.500. The minimum atomic E-state index is -0.0388. The van der Waals surface area contributed by atoms with Crippen molar-refractivity contribution in [2.45, 2.75) is 33.1 Å². The Balaban J connectivity index is 1.38. The maximum absolute atomic E-state index is 12.6. The summed E-state index contributed by atoms with van der Waals surface area (Å²) in [5.41, 5.74) is 1.98. The zero-order valence-corrected chi connectivity index (χ0v) is 17.4. The Morgan fingerprint density at radius 3 is 2.17 bits per heavy atom. The topological polar surface area (TPSA) is 64.6 Å². The number of carbonyl (C=O) groups excluding carboxylic acids is 1. The minimum absolute atomic E-state index is 0.0388. The Bertz CT molecular complexity index is 856. The minimum Gasteiger partial charge on any atom is -0.356 e. The highest BCUT2D eigenvalue weighted by Gasteiger charge is 2.23. The van der Waals surface area contributed by atoms with Crippen LogP contribution in [0.25, 0.3) is 0 Å². The predicted molar refractivity (Wildman–Crippen MR) is 117 cm³/mol. The van der Waals surface area contributed by atoms with Crippen molar-refractivity contribution >= 4 is 23.4 Å². The Morgan fingerprint density at radius 2 is 1.52 bits per heavy atom. The fourth-order valence-electron chi connectivity index (χ4n) is 4.05. The normalized spacial score (nSPS) is 17.4. The third-order valence-electron chi connectivity index (χ3n) is 5.65. The lowest BCUT2D eigenvalue weighted by Crippen LogP contribution is -2.50. The van der Waals surface area contributed by atoms with Crippen LogP contribution in [0.2, 0.25) is 0 Å². The molecule has 0 spiro atoms. The van der Waals surface area contributed by atoms with Gasteiger partial charge in [0.15, 0.2) is 0 Å². The number of urea groups is 1. The van der Waals surface area contributed by atoms with E-state index in [-0.39, 0.29) is 6.03 Å². The molecule has 1 aromatic carbocycles. The molecule has 0 atom stereocenters. The van der Waals surface area contributed by atoms with Gasteiger partial charge in [-0.3, -0.25) is 0 Å². The van der Waals surface area contributed by atoms with Gasteiger partial charge in [-0.1, -0.05) is 12.1 Å². The quantitative estimate of drug-likeness (QED) is 0.864. The van der Waals surface area contributed by atoms with Gasteiger partial charge in [0.05, 0.1) is 0 Å². The van der Waals surface area contributed by atoms with Crippen molar-refractivity contribution in [3.63, 3.8) is 0 Å². The molecule has 2 aromatic rings. The van der Waals surface area contributed by atoms with Crippen molar-refractivity contribution < 1.29 is 4.79 Å². The third-order valence-corrected chi connectivity index (χ3v) is 5.65. The number of piperazine rings is 1. The second-order valence-electron chi connectivity index (χ2n) is 7.95. The first-order valence-corrected chi connectivity index (χ1v) is 10.6. The molecule has 1 N–H and O–H groups in total. The molecular weight excluding hydrogens is 364 g/mol. The van der Waals surface area contributed by atoms with E-state index in [1.54, 1.807) is 0 Å². The van der Waals surface area contributed by atoms with Crippen LogP contribution >= 0.6 is 0 Å². The molecule has 2 aliphatic rings. The summed E-state index contributed by atoms with van der Waals surface area (Å²) in [6, 6.07) is 9.97. The van der Waals surface area contributed by atoms with Gasteiger partial charge in [0, 0.05) is 51.0 Å². The van der Waals surface area contributed by atoms with Crippen LogP contribution < -0.4 is 15.1 Å². The molecular formula is C22H30N6O. The Morgan fingerprint density at radius 1 is 0.862 bits per heavy atom. The van der Waals surface area contributed by atoms with Crippen LogP contribution in [-0.4, -0.2) is 60.2 Å². The first-order valence-electron chi connectivity index (χ1n) is 10.6. The number of anilines is 3. The van der Waals surface area contributed by atoms with Crippen molar-refractivity contribution in [1.29, 1.82) is 0 Å². The van der Waals surface area contributed by atoms with E-state index in [9.17, 15) is 4.79 Å². The molecule has 29 heavy (non-hydrogen) atoms. The van der Waals surface area contributed by atoms with Gasteiger partial charge in [-0.2, -0.15) is 0 Å². The lowest BCUT2D eigenvalue weighted by molar-refractivity contribution is 0.208. The molecule has 0 saturated carbocycles. The Kier molecular flexibility index (Phi) is 5.83. The maximum Gasteiger partial charge on any atom is 0.321 e. The lowest BCUT2D eigenvalue weighted by atomic mass is 10.1. The molecule has 1 aromatic heterocycles. The van der Waals surface area contributed by atoms with Crippen molar-refractivity contribution in [3.8, 4) is 0 Å². The van der Waals surface area contributed by atoms with Crippen LogP contribution in [-0.2, 0) is 0 Å². The van der Waals surface area contributed by atoms with Gasteiger partial charge in [0.1, 0.15) is 17.5 Å². The highest BCUT2D eigenvalue weighted by molar-refractivity contribution is 5.89. The summed E-state index contributed by atoms with van der Waals surface area (Å²) >= 11 is 0. The Labute approximate surface area is 172 Å². The summed E-state index contributed by atoms with van der Waals surface area (Å²) in [6.07, 6.45) is 3.76. The van der Waals surface area contributed by atoms with Crippen LogP contribution in [0.15, 0.2) is 30.3 Å². The van der Waals surface area contributed by atoms with Gasteiger partial charge >= 0.3 is 6.03 Å². The van der Waals surface area contributed by atoms with Gasteiger partial charge in [-0.05, 0) is 50.8 Å². The van der Waals surface area contributed by atoms with Crippen molar-refractivity contribution in [3.05, 3.63) is 41.7 Å². The van der Waals surface area contributed by atoms with E-state index < -0.39 is 0 Å². The van der Waals surface area contributed by atoms with Gasteiger partial charge < -0.3 is 20.0 Å². The van der Waals surface area contributed by atoms with Crippen LogP contribution in [0.3, 0.4) is 0 Å². The van der Waals surface area contributed by atoms with E-state index in [2.05, 4.69) is 31.2 Å². The number of aryl methyl sites for hydroxylation is 2. The SMILES string of the molecule is Cc1cccc(NC(=O)N2CCN(c3cc(N4CCCCC4)nc(C)n3)CC2)c1. The van der Waals surface area contributed by atoms with E-state index in [0.717, 1.165) is 54.9 Å². The third kappa shape index (κ3) is 4.78. The summed E-state index contributed by atoms with van der Waals surface area (Å²) in [7, 11) is 0. The van der Waals surface area contributed by atoms with Gasteiger partial charge in [-0.15, -0.1) is 0 Å². The van der Waals surface area contributed by atoms with E-state index >= 15 is 0 Å². The number of rotatable bonds is 3. The van der Waals surface area contributed by atoms with Gasteiger partial charge in [-0.25, -0.2) is 14.8 Å². The largest absolute Gasteiger partial charge is 0.356 e. The number of nitrogens with zero attached hydrogens (tertiary/aromatic N) is 5. The molecule has 2 saturated heterocycles.